The van der Waals surface area contributed by atoms with E-state index in [2.05, 4.69) is 15.3 Å². The molecule has 0 bridgehead atoms. The molecule has 1 N–H and O–H groups in total. The number of carbonyl (C=O) groups excluding carboxylic acids is 2. The van der Waals surface area contributed by atoms with Crippen LogP contribution in [0.5, 0.6) is 5.75 Å². The highest BCUT2D eigenvalue weighted by Gasteiger charge is 2.25. The second kappa shape index (κ2) is 9.32. The van der Waals surface area contributed by atoms with Crippen molar-refractivity contribution < 1.29 is 14.3 Å². The molecule has 2 aromatic carbocycles. The highest BCUT2D eigenvalue weighted by molar-refractivity contribution is 6.34. The Labute approximate surface area is 191 Å². The van der Waals surface area contributed by atoms with E-state index < -0.39 is 0 Å². The molecule has 1 aliphatic rings. The van der Waals surface area contributed by atoms with Gasteiger partial charge in [-0.15, -0.1) is 0 Å². The number of rotatable bonds is 5. The number of hydrogen-bond donors (Lipinski definition) is 1. The van der Waals surface area contributed by atoms with Gasteiger partial charge in [-0.2, -0.15) is 5.10 Å². The SMILES string of the molecule is COc1ccc(N2CCN(C(=O)c3cc(NC(=O)c4ccccc4Cl)n(C)n3)CC2)cc1. The number of aryl methyl sites for hydroxylation is 1. The van der Waals surface area contributed by atoms with Gasteiger partial charge in [-0.05, 0) is 36.4 Å². The number of benzene rings is 2. The summed E-state index contributed by atoms with van der Waals surface area (Å²) >= 11 is 6.10. The Morgan fingerprint density at radius 1 is 1.03 bits per heavy atom. The number of nitrogens with one attached hydrogen (secondary N) is 1. The summed E-state index contributed by atoms with van der Waals surface area (Å²) in [5.74, 6) is 0.726. The second-order valence-electron chi connectivity index (χ2n) is 7.45. The van der Waals surface area contributed by atoms with Crippen molar-refractivity contribution in [3.05, 3.63) is 70.9 Å². The molecular formula is C23H24ClN5O3. The van der Waals surface area contributed by atoms with Crippen molar-refractivity contribution in [2.24, 2.45) is 7.05 Å². The molecule has 1 fully saturated rings. The predicted molar refractivity (Wildman–Crippen MR) is 124 cm³/mol. The Morgan fingerprint density at radius 2 is 1.72 bits per heavy atom. The molecule has 1 saturated heterocycles. The molecule has 0 spiro atoms. The lowest BCUT2D eigenvalue weighted by atomic mass is 10.2. The summed E-state index contributed by atoms with van der Waals surface area (Å²) in [6.45, 7) is 2.62. The van der Waals surface area contributed by atoms with E-state index in [9.17, 15) is 9.59 Å². The molecule has 1 aliphatic heterocycles. The topological polar surface area (TPSA) is 79.7 Å². The van der Waals surface area contributed by atoms with Crippen molar-refractivity contribution in [1.82, 2.24) is 14.7 Å². The van der Waals surface area contributed by atoms with Crippen LogP contribution in [0.3, 0.4) is 0 Å². The van der Waals surface area contributed by atoms with Gasteiger partial charge in [0.15, 0.2) is 5.69 Å². The van der Waals surface area contributed by atoms with Crippen LogP contribution in [0.25, 0.3) is 0 Å². The van der Waals surface area contributed by atoms with Crippen molar-refractivity contribution in [3.8, 4) is 5.75 Å². The van der Waals surface area contributed by atoms with E-state index >= 15 is 0 Å². The highest BCUT2D eigenvalue weighted by Crippen LogP contribution is 2.22. The number of halogens is 1. The van der Waals surface area contributed by atoms with Crippen molar-refractivity contribution in [2.75, 3.05) is 43.5 Å². The number of aromatic nitrogens is 2. The lowest BCUT2D eigenvalue weighted by Gasteiger charge is -2.35. The van der Waals surface area contributed by atoms with Crippen LogP contribution in [-0.4, -0.2) is 59.8 Å². The molecule has 0 atom stereocenters. The van der Waals surface area contributed by atoms with Crippen LogP contribution in [0.15, 0.2) is 54.6 Å². The normalized spacial score (nSPS) is 13.7. The van der Waals surface area contributed by atoms with Crippen LogP contribution in [0, 0.1) is 0 Å². The Hall–Kier alpha value is -3.52. The minimum Gasteiger partial charge on any atom is -0.497 e. The maximum atomic E-state index is 13.0. The summed E-state index contributed by atoms with van der Waals surface area (Å²) in [6, 6.07) is 16.3. The Bertz CT molecular complexity index is 1120. The quantitative estimate of drug-likeness (QED) is 0.641. The molecule has 0 unspecified atom stereocenters. The summed E-state index contributed by atoms with van der Waals surface area (Å²) in [7, 11) is 3.32. The van der Waals surface area contributed by atoms with Crippen molar-refractivity contribution in [3.63, 3.8) is 0 Å². The van der Waals surface area contributed by atoms with Crippen LogP contribution in [0.2, 0.25) is 5.02 Å². The average Bonchev–Trinajstić information content (AvgIpc) is 3.19. The Balaban J connectivity index is 1.39. The van der Waals surface area contributed by atoms with Crippen molar-refractivity contribution >= 4 is 34.9 Å². The third kappa shape index (κ3) is 4.55. The smallest absolute Gasteiger partial charge is 0.274 e. The zero-order valence-electron chi connectivity index (χ0n) is 17.9. The van der Waals surface area contributed by atoms with Gasteiger partial charge in [-0.3, -0.25) is 14.3 Å². The lowest BCUT2D eigenvalue weighted by Crippen LogP contribution is -2.48. The Morgan fingerprint density at radius 3 is 2.38 bits per heavy atom. The Kier molecular flexibility index (Phi) is 6.32. The summed E-state index contributed by atoms with van der Waals surface area (Å²) in [6.07, 6.45) is 0. The maximum absolute atomic E-state index is 13.0. The second-order valence-corrected chi connectivity index (χ2v) is 7.86. The summed E-state index contributed by atoms with van der Waals surface area (Å²) < 4.78 is 6.69. The fraction of sp³-hybridized carbons (Fsp3) is 0.261. The zero-order chi connectivity index (χ0) is 22.7. The third-order valence-corrected chi connectivity index (χ3v) is 5.79. The minimum atomic E-state index is -0.356. The number of nitrogens with zero attached hydrogens (tertiary/aromatic N) is 4. The van der Waals surface area contributed by atoms with E-state index in [1.165, 1.54) is 4.68 Å². The first-order valence-electron chi connectivity index (χ1n) is 10.2. The van der Waals surface area contributed by atoms with Crippen LogP contribution in [-0.2, 0) is 7.05 Å². The molecule has 0 saturated carbocycles. The molecule has 2 heterocycles. The van der Waals surface area contributed by atoms with Crippen LogP contribution in [0.4, 0.5) is 11.5 Å². The molecule has 1 aromatic heterocycles. The van der Waals surface area contributed by atoms with E-state index in [4.69, 9.17) is 16.3 Å². The van der Waals surface area contributed by atoms with E-state index in [1.54, 1.807) is 49.4 Å². The number of ether oxygens (including phenoxy) is 1. The molecule has 4 rings (SSSR count). The van der Waals surface area contributed by atoms with Gasteiger partial charge in [0.25, 0.3) is 11.8 Å². The van der Waals surface area contributed by atoms with Crippen LogP contribution < -0.4 is 15.0 Å². The fourth-order valence-corrected chi connectivity index (χ4v) is 3.86. The van der Waals surface area contributed by atoms with E-state index in [0.717, 1.165) is 24.5 Å². The third-order valence-electron chi connectivity index (χ3n) is 5.46. The molecular weight excluding hydrogens is 430 g/mol. The van der Waals surface area contributed by atoms with Gasteiger partial charge >= 0.3 is 0 Å². The van der Waals surface area contributed by atoms with Gasteiger partial charge in [0.2, 0.25) is 0 Å². The van der Waals surface area contributed by atoms with Crippen LogP contribution >= 0.6 is 11.6 Å². The summed E-state index contributed by atoms with van der Waals surface area (Å²) in [4.78, 5) is 29.5. The summed E-state index contributed by atoms with van der Waals surface area (Å²) in [5.41, 5.74) is 1.75. The molecule has 0 aliphatic carbocycles. The average molecular weight is 454 g/mol. The number of anilines is 2. The number of methoxy groups -OCH3 is 1. The number of carbonyl (C=O) groups is 2. The van der Waals surface area contributed by atoms with Gasteiger partial charge in [-0.1, -0.05) is 23.7 Å². The maximum Gasteiger partial charge on any atom is 0.274 e. The van der Waals surface area contributed by atoms with E-state index in [1.807, 2.05) is 24.3 Å². The van der Waals surface area contributed by atoms with Gasteiger partial charge in [-0.25, -0.2) is 0 Å². The largest absolute Gasteiger partial charge is 0.497 e. The first-order valence-corrected chi connectivity index (χ1v) is 10.6. The standard InChI is InChI=1S/C23H24ClN5O3/c1-27-21(25-22(30)18-5-3-4-6-19(18)24)15-20(26-27)23(31)29-13-11-28(12-14-29)16-7-9-17(32-2)10-8-16/h3-10,15H,11-14H2,1-2H3,(H,25,30). The molecule has 2 amide bonds. The van der Waals surface area contributed by atoms with Gasteiger partial charge in [0.05, 0.1) is 17.7 Å². The fourth-order valence-electron chi connectivity index (χ4n) is 3.64. The van der Waals surface area contributed by atoms with E-state index in [0.29, 0.717) is 35.2 Å². The number of hydrogen-bond acceptors (Lipinski definition) is 5. The monoisotopic (exact) mass is 453 g/mol. The molecule has 3 aromatic rings. The van der Waals surface area contributed by atoms with Crippen LogP contribution in [0.1, 0.15) is 20.8 Å². The number of piperazine rings is 1. The van der Waals surface area contributed by atoms with Gasteiger partial charge in [0, 0.05) is 45.0 Å². The molecule has 0 radical (unpaired) electrons. The molecule has 8 nitrogen and oxygen atoms in total. The minimum absolute atomic E-state index is 0.159. The molecule has 32 heavy (non-hydrogen) atoms. The predicted octanol–water partition coefficient (Wildman–Crippen LogP) is 3.30. The van der Waals surface area contributed by atoms with Crippen molar-refractivity contribution in [1.29, 1.82) is 0 Å². The lowest BCUT2D eigenvalue weighted by molar-refractivity contribution is 0.0740. The molecule has 166 valence electrons. The summed E-state index contributed by atoms with van der Waals surface area (Å²) in [5, 5.41) is 7.43. The highest BCUT2D eigenvalue weighted by atomic mass is 35.5. The van der Waals surface area contributed by atoms with Gasteiger partial charge < -0.3 is 19.9 Å². The number of amides is 2. The zero-order valence-corrected chi connectivity index (χ0v) is 18.7. The molecule has 9 heteroatoms. The van der Waals surface area contributed by atoms with Crippen molar-refractivity contribution in [2.45, 2.75) is 0 Å². The van der Waals surface area contributed by atoms with E-state index in [-0.39, 0.29) is 11.8 Å². The van der Waals surface area contributed by atoms with Gasteiger partial charge in [0.1, 0.15) is 11.6 Å². The first kappa shape index (κ1) is 21.7. The first-order chi connectivity index (χ1) is 15.5.